The molecule has 0 spiro atoms. The molecule has 3 heterocycles. The van der Waals surface area contributed by atoms with Crippen molar-refractivity contribution >= 4 is 17.3 Å². The van der Waals surface area contributed by atoms with E-state index in [9.17, 15) is 14.3 Å². The fraction of sp³-hybridized carbons (Fsp3) is 0.294. The van der Waals surface area contributed by atoms with Gasteiger partial charge in [-0.2, -0.15) is 0 Å². The summed E-state index contributed by atoms with van der Waals surface area (Å²) >= 11 is 0. The first-order chi connectivity index (χ1) is 11.5. The van der Waals surface area contributed by atoms with Crippen LogP contribution in [0.25, 0.3) is 0 Å². The Balaban J connectivity index is 1.81. The highest BCUT2D eigenvalue weighted by atomic mass is 19.1. The fourth-order valence-electron chi connectivity index (χ4n) is 3.05. The van der Waals surface area contributed by atoms with Crippen LogP contribution in [0.2, 0.25) is 0 Å². The van der Waals surface area contributed by atoms with Crippen molar-refractivity contribution in [1.29, 1.82) is 0 Å². The first kappa shape index (κ1) is 15.2. The maximum atomic E-state index is 13.7. The molecule has 1 atom stereocenters. The van der Waals surface area contributed by atoms with E-state index in [4.69, 9.17) is 9.47 Å². The molecule has 1 aromatic carbocycles. The number of aliphatic hydroxyl groups is 1. The number of carbonyl (C=O) groups excluding carboxylic acids is 1. The van der Waals surface area contributed by atoms with Gasteiger partial charge in [-0.05, 0) is 25.1 Å². The summed E-state index contributed by atoms with van der Waals surface area (Å²) in [5.41, 5.74) is 0.00718. The maximum absolute atomic E-state index is 13.7. The first-order valence-corrected chi connectivity index (χ1v) is 7.53. The van der Waals surface area contributed by atoms with E-state index in [0.29, 0.717) is 35.7 Å². The predicted molar refractivity (Wildman–Crippen MR) is 82.0 cm³/mol. The molecule has 1 unspecified atom stereocenters. The third kappa shape index (κ3) is 2.21. The normalized spacial score (nSPS) is 23.8. The Hall–Kier alpha value is -2.35. The largest absolute Gasteiger partial charge is 0.375 e. The quantitative estimate of drug-likeness (QED) is 0.913. The van der Waals surface area contributed by atoms with Crippen LogP contribution in [0.5, 0.6) is 0 Å². The minimum atomic E-state index is -1.72. The Morgan fingerprint density at radius 1 is 1.29 bits per heavy atom. The number of fused-ring (bicyclic) bond motifs is 1. The molecule has 4 rings (SSSR count). The van der Waals surface area contributed by atoms with Crippen LogP contribution in [0.15, 0.2) is 36.7 Å². The first-order valence-electron chi connectivity index (χ1n) is 7.53. The Bertz CT molecular complexity index is 818. The van der Waals surface area contributed by atoms with Crippen molar-refractivity contribution in [2.24, 2.45) is 0 Å². The summed E-state index contributed by atoms with van der Waals surface area (Å²) in [6.45, 7) is 2.37. The fourth-order valence-corrected chi connectivity index (χ4v) is 3.05. The van der Waals surface area contributed by atoms with Crippen LogP contribution in [-0.4, -0.2) is 29.2 Å². The van der Waals surface area contributed by atoms with Crippen LogP contribution < -0.4 is 4.90 Å². The molecule has 1 aromatic heterocycles. The van der Waals surface area contributed by atoms with E-state index in [2.05, 4.69) is 4.98 Å². The Labute approximate surface area is 137 Å². The third-order valence-corrected chi connectivity index (χ3v) is 4.24. The van der Waals surface area contributed by atoms with Crippen molar-refractivity contribution in [3.63, 3.8) is 0 Å². The number of hydrogen-bond donors (Lipinski definition) is 1. The molecular weight excluding hydrogens is 315 g/mol. The molecule has 6 nitrogen and oxygen atoms in total. The van der Waals surface area contributed by atoms with Crippen LogP contribution in [-0.2, 0) is 19.9 Å². The molecule has 2 aliphatic heterocycles. The molecule has 1 amide bonds. The summed E-state index contributed by atoms with van der Waals surface area (Å²) < 4.78 is 24.6. The van der Waals surface area contributed by atoms with Gasteiger partial charge < -0.3 is 14.6 Å². The number of ether oxygens (including phenoxy) is 2. The molecule has 124 valence electrons. The number of carbonyl (C=O) groups is 1. The number of pyridine rings is 1. The van der Waals surface area contributed by atoms with Crippen molar-refractivity contribution in [3.8, 4) is 0 Å². The van der Waals surface area contributed by atoms with Gasteiger partial charge >= 0.3 is 0 Å². The average Bonchev–Trinajstić information content (AvgIpc) is 3.15. The van der Waals surface area contributed by atoms with Crippen LogP contribution >= 0.6 is 0 Å². The van der Waals surface area contributed by atoms with Crippen LogP contribution in [0, 0.1) is 5.82 Å². The molecule has 24 heavy (non-hydrogen) atoms. The second-order valence-electron chi connectivity index (χ2n) is 5.92. The van der Waals surface area contributed by atoms with E-state index in [1.807, 2.05) is 0 Å². The maximum Gasteiger partial charge on any atom is 0.267 e. The van der Waals surface area contributed by atoms with Crippen molar-refractivity contribution in [2.45, 2.75) is 18.8 Å². The van der Waals surface area contributed by atoms with Crippen molar-refractivity contribution in [3.05, 3.63) is 53.6 Å². The molecule has 2 aromatic rings. The van der Waals surface area contributed by atoms with Crippen LogP contribution in [0.1, 0.15) is 24.3 Å². The lowest BCUT2D eigenvalue weighted by atomic mass is 9.98. The van der Waals surface area contributed by atoms with Gasteiger partial charge in [0.1, 0.15) is 5.82 Å². The summed E-state index contributed by atoms with van der Waals surface area (Å²) in [6, 6.07) is 5.56. The zero-order chi connectivity index (χ0) is 16.9. The summed E-state index contributed by atoms with van der Waals surface area (Å²) in [5, 5.41) is 10.5. The molecule has 1 N–H and O–H groups in total. The topological polar surface area (TPSA) is 71.9 Å². The van der Waals surface area contributed by atoms with Gasteiger partial charge in [0, 0.05) is 17.3 Å². The van der Waals surface area contributed by atoms with Gasteiger partial charge in [0.15, 0.2) is 11.9 Å². The second-order valence-corrected chi connectivity index (χ2v) is 5.92. The number of rotatable bonds is 2. The molecule has 0 bridgehead atoms. The molecular formula is C17H15FN2O4. The highest BCUT2D eigenvalue weighted by molar-refractivity contribution is 6.11. The summed E-state index contributed by atoms with van der Waals surface area (Å²) in [6.07, 6.45) is 2.53. The highest BCUT2D eigenvalue weighted by Crippen LogP contribution is 2.44. The van der Waals surface area contributed by atoms with Crippen LogP contribution in [0.3, 0.4) is 0 Å². The lowest BCUT2D eigenvalue weighted by Gasteiger charge is -2.20. The predicted octanol–water partition coefficient (Wildman–Crippen LogP) is 2.15. The molecule has 7 heteroatoms. The number of benzene rings is 1. The minimum absolute atomic E-state index is 0.303. The monoisotopic (exact) mass is 330 g/mol. The standard InChI is InChI=1S/C17H15FN2O4/c1-17(22)13-3-2-11(18)7-14(13)20(16(17)21)12-6-10(8-19-9-12)15-23-4-5-24-15/h2-3,6-9,15,22H,4-5H2,1H3. The van der Waals surface area contributed by atoms with Gasteiger partial charge in [0.25, 0.3) is 5.91 Å². The van der Waals surface area contributed by atoms with E-state index >= 15 is 0 Å². The van der Waals surface area contributed by atoms with Crippen molar-refractivity contribution in [1.82, 2.24) is 4.98 Å². The Kier molecular flexibility index (Phi) is 3.38. The molecule has 0 aliphatic carbocycles. The van der Waals surface area contributed by atoms with Crippen LogP contribution in [0.4, 0.5) is 15.8 Å². The molecule has 0 radical (unpaired) electrons. The summed E-state index contributed by atoms with van der Waals surface area (Å²) in [7, 11) is 0. The Morgan fingerprint density at radius 2 is 2.04 bits per heavy atom. The molecule has 2 aliphatic rings. The smallest absolute Gasteiger partial charge is 0.267 e. The van der Waals surface area contributed by atoms with Crippen molar-refractivity contribution in [2.75, 3.05) is 18.1 Å². The van der Waals surface area contributed by atoms with Gasteiger partial charge in [-0.3, -0.25) is 14.7 Å². The minimum Gasteiger partial charge on any atom is -0.375 e. The van der Waals surface area contributed by atoms with E-state index in [0.717, 1.165) is 0 Å². The van der Waals surface area contributed by atoms with Gasteiger partial charge in [0.05, 0.1) is 30.8 Å². The van der Waals surface area contributed by atoms with Gasteiger partial charge in [-0.1, -0.05) is 6.07 Å². The van der Waals surface area contributed by atoms with E-state index in [1.54, 1.807) is 12.3 Å². The SMILES string of the molecule is CC1(O)C(=O)N(c2cncc(C3OCCO3)c2)c2cc(F)ccc21. The highest BCUT2D eigenvalue weighted by Gasteiger charge is 2.47. The van der Waals surface area contributed by atoms with Gasteiger partial charge in [0.2, 0.25) is 0 Å². The third-order valence-electron chi connectivity index (χ3n) is 4.24. The molecule has 0 saturated carbocycles. The lowest BCUT2D eigenvalue weighted by Crippen LogP contribution is -2.35. The number of nitrogens with zero attached hydrogens (tertiary/aromatic N) is 2. The average molecular weight is 330 g/mol. The van der Waals surface area contributed by atoms with E-state index in [-0.39, 0.29) is 0 Å². The lowest BCUT2D eigenvalue weighted by molar-refractivity contribution is -0.133. The zero-order valence-corrected chi connectivity index (χ0v) is 12.9. The Morgan fingerprint density at radius 3 is 2.79 bits per heavy atom. The number of anilines is 2. The van der Waals surface area contributed by atoms with Gasteiger partial charge in [-0.15, -0.1) is 0 Å². The number of amides is 1. The number of hydrogen-bond acceptors (Lipinski definition) is 5. The second kappa shape index (κ2) is 5.34. The number of aromatic nitrogens is 1. The van der Waals surface area contributed by atoms with E-state index in [1.165, 1.54) is 36.2 Å². The molecule has 1 saturated heterocycles. The van der Waals surface area contributed by atoms with E-state index < -0.39 is 23.6 Å². The summed E-state index contributed by atoms with van der Waals surface area (Å²) in [5.74, 6) is -1.05. The van der Waals surface area contributed by atoms with Gasteiger partial charge in [-0.25, -0.2) is 4.39 Å². The zero-order valence-electron chi connectivity index (χ0n) is 12.9. The number of halogens is 1. The van der Waals surface area contributed by atoms with Crippen molar-refractivity contribution < 1.29 is 23.8 Å². The molecule has 1 fully saturated rings. The summed E-state index contributed by atoms with van der Waals surface area (Å²) in [4.78, 5) is 18.1.